The summed E-state index contributed by atoms with van der Waals surface area (Å²) in [5.74, 6) is -0.385. The molecular formula is C11H12N2O3. The molecule has 0 aliphatic carbocycles. The van der Waals surface area contributed by atoms with E-state index in [1.807, 2.05) is 0 Å². The number of nitrogens with zero attached hydrogens (tertiary/aromatic N) is 1. The van der Waals surface area contributed by atoms with Crippen LogP contribution in [0.25, 0.3) is 0 Å². The summed E-state index contributed by atoms with van der Waals surface area (Å²) in [5, 5.41) is 2.72. The predicted octanol–water partition coefficient (Wildman–Crippen LogP) is 1.32. The first-order chi connectivity index (χ1) is 7.70. The Labute approximate surface area is 93.0 Å². The van der Waals surface area contributed by atoms with Crippen molar-refractivity contribution in [3.8, 4) is 0 Å². The Balaban J connectivity index is 2.01. The van der Waals surface area contributed by atoms with E-state index in [9.17, 15) is 9.59 Å². The molecule has 0 radical (unpaired) electrons. The number of esters is 1. The van der Waals surface area contributed by atoms with Gasteiger partial charge in [0.25, 0.3) is 0 Å². The lowest BCUT2D eigenvalue weighted by Gasteiger charge is -2.06. The number of carbonyl (C=O) groups excluding carboxylic acids is 2. The third-order valence-corrected chi connectivity index (χ3v) is 2.29. The third-order valence-electron chi connectivity index (χ3n) is 2.29. The quantitative estimate of drug-likeness (QED) is 0.604. The zero-order valence-corrected chi connectivity index (χ0v) is 8.90. The van der Waals surface area contributed by atoms with Crippen LogP contribution in [0.3, 0.4) is 0 Å². The molecule has 2 amide bonds. The van der Waals surface area contributed by atoms with E-state index >= 15 is 0 Å². The molecule has 1 fully saturated rings. The molecule has 84 valence electrons. The normalized spacial score (nSPS) is 13.2. The highest BCUT2D eigenvalue weighted by Gasteiger charge is 2.23. The molecular weight excluding hydrogens is 208 g/mol. The molecule has 5 nitrogen and oxygen atoms in total. The summed E-state index contributed by atoms with van der Waals surface area (Å²) in [6.07, 6.45) is 0. The third kappa shape index (κ3) is 2.31. The van der Waals surface area contributed by atoms with Gasteiger partial charge in [0, 0.05) is 18.8 Å². The van der Waals surface area contributed by atoms with E-state index < -0.39 is 0 Å². The van der Waals surface area contributed by atoms with Crippen LogP contribution in [0.5, 0.6) is 0 Å². The van der Waals surface area contributed by atoms with E-state index in [0.717, 1.165) is 13.1 Å². The first-order valence-corrected chi connectivity index (χ1v) is 4.95. The predicted molar refractivity (Wildman–Crippen MR) is 58.4 cm³/mol. The van der Waals surface area contributed by atoms with Crippen molar-refractivity contribution >= 4 is 17.7 Å². The highest BCUT2D eigenvalue weighted by Crippen LogP contribution is 2.13. The van der Waals surface area contributed by atoms with Gasteiger partial charge in [-0.15, -0.1) is 0 Å². The molecule has 1 aliphatic rings. The number of hydrogen-bond donors (Lipinski definition) is 1. The fourth-order valence-electron chi connectivity index (χ4n) is 1.26. The van der Waals surface area contributed by atoms with Crippen LogP contribution in [0.1, 0.15) is 10.4 Å². The Bertz CT molecular complexity index is 410. The molecule has 0 saturated carbocycles. The number of anilines is 1. The minimum atomic E-state index is -0.385. The molecule has 0 unspecified atom stereocenters. The highest BCUT2D eigenvalue weighted by molar-refractivity contribution is 5.92. The van der Waals surface area contributed by atoms with Crippen molar-refractivity contribution in [1.29, 1.82) is 0 Å². The van der Waals surface area contributed by atoms with E-state index in [2.05, 4.69) is 10.1 Å². The lowest BCUT2D eigenvalue weighted by Crippen LogP contribution is -2.18. The molecule has 1 aliphatic heterocycles. The van der Waals surface area contributed by atoms with Gasteiger partial charge in [0.2, 0.25) is 0 Å². The molecule has 5 heteroatoms. The summed E-state index contributed by atoms with van der Waals surface area (Å²) < 4.78 is 4.57. The van der Waals surface area contributed by atoms with Gasteiger partial charge in [0.05, 0.1) is 12.7 Å². The van der Waals surface area contributed by atoms with Gasteiger partial charge in [-0.25, -0.2) is 9.59 Å². The van der Waals surface area contributed by atoms with Crippen molar-refractivity contribution in [3.05, 3.63) is 29.8 Å². The number of urea groups is 1. The Kier molecular flexibility index (Phi) is 2.76. The lowest BCUT2D eigenvalue weighted by molar-refractivity contribution is 0.0601. The number of amides is 2. The maximum Gasteiger partial charge on any atom is 0.337 e. The van der Waals surface area contributed by atoms with Gasteiger partial charge in [-0.2, -0.15) is 0 Å². The SMILES string of the molecule is COC(=O)c1ccc(NC(=O)N2CC2)cc1. The van der Waals surface area contributed by atoms with Crippen LogP contribution in [0.4, 0.5) is 10.5 Å². The summed E-state index contributed by atoms with van der Waals surface area (Å²) in [7, 11) is 1.33. The second-order valence-electron chi connectivity index (χ2n) is 3.49. The van der Waals surface area contributed by atoms with Gasteiger partial charge in [-0.05, 0) is 24.3 Å². The Morgan fingerprint density at radius 3 is 2.38 bits per heavy atom. The van der Waals surface area contributed by atoms with Crippen LogP contribution >= 0.6 is 0 Å². The van der Waals surface area contributed by atoms with E-state index in [1.165, 1.54) is 7.11 Å². The van der Waals surface area contributed by atoms with Crippen molar-refractivity contribution in [2.24, 2.45) is 0 Å². The van der Waals surface area contributed by atoms with Gasteiger partial charge in [0.1, 0.15) is 0 Å². The molecule has 1 saturated heterocycles. The number of nitrogens with one attached hydrogen (secondary N) is 1. The summed E-state index contributed by atoms with van der Waals surface area (Å²) in [6.45, 7) is 1.62. The molecule has 0 atom stereocenters. The Hall–Kier alpha value is -2.04. The second-order valence-corrected chi connectivity index (χ2v) is 3.49. The molecule has 1 heterocycles. The minimum absolute atomic E-state index is 0.106. The first kappa shape index (κ1) is 10.5. The van der Waals surface area contributed by atoms with Crippen LogP contribution in [-0.2, 0) is 4.74 Å². The van der Waals surface area contributed by atoms with E-state index in [1.54, 1.807) is 29.2 Å². The van der Waals surface area contributed by atoms with E-state index in [0.29, 0.717) is 11.3 Å². The fraction of sp³-hybridized carbons (Fsp3) is 0.273. The summed E-state index contributed by atoms with van der Waals surface area (Å²) in [6, 6.07) is 6.47. The average Bonchev–Trinajstić information content (AvgIpc) is 3.13. The number of benzene rings is 1. The summed E-state index contributed by atoms with van der Waals surface area (Å²) in [5.41, 5.74) is 1.14. The van der Waals surface area contributed by atoms with E-state index in [4.69, 9.17) is 0 Å². The monoisotopic (exact) mass is 220 g/mol. The van der Waals surface area contributed by atoms with Crippen molar-refractivity contribution in [3.63, 3.8) is 0 Å². The van der Waals surface area contributed by atoms with Gasteiger partial charge < -0.3 is 15.0 Å². The lowest BCUT2D eigenvalue weighted by atomic mass is 10.2. The minimum Gasteiger partial charge on any atom is -0.465 e. The summed E-state index contributed by atoms with van der Waals surface area (Å²) in [4.78, 5) is 24.2. The molecule has 16 heavy (non-hydrogen) atoms. The molecule has 1 N–H and O–H groups in total. The first-order valence-electron chi connectivity index (χ1n) is 4.95. The Morgan fingerprint density at radius 1 is 1.25 bits per heavy atom. The van der Waals surface area contributed by atoms with Crippen LogP contribution in [-0.4, -0.2) is 37.1 Å². The smallest absolute Gasteiger partial charge is 0.337 e. The fourth-order valence-corrected chi connectivity index (χ4v) is 1.26. The summed E-state index contributed by atoms with van der Waals surface area (Å²) >= 11 is 0. The molecule has 0 spiro atoms. The molecule has 2 rings (SSSR count). The van der Waals surface area contributed by atoms with Gasteiger partial charge in [0.15, 0.2) is 0 Å². The number of carbonyl (C=O) groups is 2. The van der Waals surface area contributed by atoms with Gasteiger partial charge in [-0.1, -0.05) is 0 Å². The molecule has 0 aromatic heterocycles. The standard InChI is InChI=1S/C11H12N2O3/c1-16-10(14)8-2-4-9(5-3-8)12-11(15)13-6-7-13/h2-5H,6-7H2,1H3,(H,12,15). The Morgan fingerprint density at radius 2 is 1.88 bits per heavy atom. The molecule has 1 aromatic rings. The maximum atomic E-state index is 11.4. The molecule has 0 bridgehead atoms. The average molecular weight is 220 g/mol. The zero-order chi connectivity index (χ0) is 11.5. The van der Waals surface area contributed by atoms with Crippen LogP contribution in [0.2, 0.25) is 0 Å². The van der Waals surface area contributed by atoms with Crippen molar-refractivity contribution < 1.29 is 14.3 Å². The van der Waals surface area contributed by atoms with Crippen molar-refractivity contribution in [2.75, 3.05) is 25.5 Å². The van der Waals surface area contributed by atoms with Crippen LogP contribution in [0, 0.1) is 0 Å². The number of ether oxygens (including phenoxy) is 1. The van der Waals surface area contributed by atoms with Crippen LogP contribution in [0.15, 0.2) is 24.3 Å². The highest BCUT2D eigenvalue weighted by atomic mass is 16.5. The topological polar surface area (TPSA) is 58.4 Å². The number of hydrogen-bond acceptors (Lipinski definition) is 3. The largest absolute Gasteiger partial charge is 0.465 e. The van der Waals surface area contributed by atoms with Crippen LogP contribution < -0.4 is 5.32 Å². The zero-order valence-electron chi connectivity index (χ0n) is 8.90. The van der Waals surface area contributed by atoms with Crippen molar-refractivity contribution in [2.45, 2.75) is 0 Å². The van der Waals surface area contributed by atoms with Crippen molar-refractivity contribution in [1.82, 2.24) is 4.90 Å². The maximum absolute atomic E-state index is 11.4. The van der Waals surface area contributed by atoms with Gasteiger partial charge >= 0.3 is 12.0 Å². The van der Waals surface area contributed by atoms with Gasteiger partial charge in [-0.3, -0.25) is 0 Å². The van der Waals surface area contributed by atoms with E-state index in [-0.39, 0.29) is 12.0 Å². The second kappa shape index (κ2) is 4.22. The molecule has 1 aromatic carbocycles. The number of methoxy groups -OCH3 is 1. The number of rotatable bonds is 2.